The van der Waals surface area contributed by atoms with Crippen LogP contribution >= 0.6 is 23.6 Å². The van der Waals surface area contributed by atoms with Gasteiger partial charge in [-0.1, -0.05) is 19.4 Å². The Kier molecular flexibility index (Phi) is 4.74. The molecule has 1 N–H and O–H groups in total. The van der Waals surface area contributed by atoms with Crippen LogP contribution in [-0.4, -0.2) is 21.5 Å². The number of unbranched alkanes of at least 4 members (excludes halogenated alkanes) is 1. The minimum absolute atomic E-state index is 0.128. The first-order chi connectivity index (χ1) is 10.7. The molecule has 0 saturated carbocycles. The topological polar surface area (TPSA) is 28.2 Å². The standard InChI is InChI=1S/C17H21N3S2/c1-3-4-11-20-16(14-9-8-12(2)22-14)15(19-17(20)21)13-7-5-6-10-18-13/h5-10,15-16H,3-4,11H2,1-2H3,(H,19,21)/t15-,16+/m0/s1. The Morgan fingerprint density at radius 2 is 2.18 bits per heavy atom. The van der Waals surface area contributed by atoms with E-state index in [9.17, 15) is 0 Å². The third-order valence-electron chi connectivity index (χ3n) is 4.00. The van der Waals surface area contributed by atoms with Crippen molar-refractivity contribution in [2.75, 3.05) is 6.54 Å². The third-order valence-corrected chi connectivity index (χ3v) is 5.43. The third kappa shape index (κ3) is 3.01. The molecule has 5 heteroatoms. The Morgan fingerprint density at radius 1 is 1.32 bits per heavy atom. The molecule has 1 aliphatic rings. The predicted octanol–water partition coefficient (Wildman–Crippen LogP) is 4.22. The van der Waals surface area contributed by atoms with E-state index in [1.807, 2.05) is 29.7 Å². The van der Waals surface area contributed by atoms with E-state index in [2.05, 4.69) is 47.2 Å². The first kappa shape index (κ1) is 15.4. The highest BCUT2D eigenvalue weighted by molar-refractivity contribution is 7.80. The summed E-state index contributed by atoms with van der Waals surface area (Å²) in [5.74, 6) is 0. The second-order valence-electron chi connectivity index (χ2n) is 5.62. The summed E-state index contributed by atoms with van der Waals surface area (Å²) < 4.78 is 0. The monoisotopic (exact) mass is 331 g/mol. The van der Waals surface area contributed by atoms with Gasteiger partial charge in [0.15, 0.2) is 5.11 Å². The van der Waals surface area contributed by atoms with Gasteiger partial charge in [0.2, 0.25) is 0 Å². The van der Waals surface area contributed by atoms with Crippen LogP contribution in [0.5, 0.6) is 0 Å². The Bertz CT molecular complexity index is 638. The molecule has 0 amide bonds. The van der Waals surface area contributed by atoms with Crippen LogP contribution in [0.15, 0.2) is 36.5 Å². The summed E-state index contributed by atoms with van der Waals surface area (Å²) in [5, 5.41) is 4.34. The van der Waals surface area contributed by atoms with Crippen molar-refractivity contribution in [3.63, 3.8) is 0 Å². The molecule has 116 valence electrons. The number of aryl methyl sites for hydroxylation is 1. The summed E-state index contributed by atoms with van der Waals surface area (Å²) in [6, 6.07) is 10.9. The van der Waals surface area contributed by atoms with Crippen molar-refractivity contribution in [3.8, 4) is 0 Å². The van der Waals surface area contributed by atoms with E-state index in [0.29, 0.717) is 0 Å². The molecule has 0 radical (unpaired) electrons. The summed E-state index contributed by atoms with van der Waals surface area (Å²) in [4.78, 5) is 9.58. The van der Waals surface area contributed by atoms with E-state index < -0.39 is 0 Å². The van der Waals surface area contributed by atoms with Gasteiger partial charge in [-0.25, -0.2) is 0 Å². The quantitative estimate of drug-likeness (QED) is 0.830. The lowest BCUT2D eigenvalue weighted by Gasteiger charge is -2.26. The molecule has 2 aromatic heterocycles. The van der Waals surface area contributed by atoms with E-state index in [0.717, 1.165) is 23.8 Å². The second-order valence-corrected chi connectivity index (χ2v) is 7.33. The molecule has 0 bridgehead atoms. The molecule has 1 fully saturated rings. The molecule has 0 spiro atoms. The summed E-state index contributed by atoms with van der Waals surface area (Å²) in [5.41, 5.74) is 1.06. The van der Waals surface area contributed by atoms with Gasteiger partial charge in [0.1, 0.15) is 0 Å². The molecule has 22 heavy (non-hydrogen) atoms. The fourth-order valence-electron chi connectivity index (χ4n) is 2.90. The van der Waals surface area contributed by atoms with Crippen molar-refractivity contribution in [1.29, 1.82) is 0 Å². The van der Waals surface area contributed by atoms with Gasteiger partial charge < -0.3 is 10.2 Å². The first-order valence-electron chi connectivity index (χ1n) is 7.75. The summed E-state index contributed by atoms with van der Waals surface area (Å²) in [7, 11) is 0. The number of nitrogens with zero attached hydrogens (tertiary/aromatic N) is 2. The lowest BCUT2D eigenvalue weighted by atomic mass is 10.0. The number of hydrogen-bond acceptors (Lipinski definition) is 3. The average molecular weight is 332 g/mol. The van der Waals surface area contributed by atoms with Crippen LogP contribution in [0.2, 0.25) is 0 Å². The van der Waals surface area contributed by atoms with Crippen molar-refractivity contribution in [2.24, 2.45) is 0 Å². The van der Waals surface area contributed by atoms with Gasteiger partial charge in [-0.2, -0.15) is 0 Å². The van der Waals surface area contributed by atoms with E-state index in [1.165, 1.54) is 16.2 Å². The first-order valence-corrected chi connectivity index (χ1v) is 8.97. The maximum absolute atomic E-state index is 5.61. The van der Waals surface area contributed by atoms with Crippen LogP contribution < -0.4 is 5.32 Å². The Labute approximate surface area is 141 Å². The largest absolute Gasteiger partial charge is 0.352 e. The zero-order valence-corrected chi connectivity index (χ0v) is 14.6. The molecule has 0 unspecified atom stereocenters. The lowest BCUT2D eigenvalue weighted by Crippen LogP contribution is -2.30. The normalized spacial score (nSPS) is 21.2. The number of thiocarbonyl (C=S) groups is 1. The molecule has 0 aromatic carbocycles. The Balaban J connectivity index is 1.96. The number of hydrogen-bond donors (Lipinski definition) is 1. The average Bonchev–Trinajstić information content (AvgIpc) is 3.09. The maximum Gasteiger partial charge on any atom is 0.170 e. The molecule has 2 aromatic rings. The van der Waals surface area contributed by atoms with Crippen LogP contribution in [0.25, 0.3) is 0 Å². The fraction of sp³-hybridized carbons (Fsp3) is 0.412. The minimum atomic E-state index is 0.128. The van der Waals surface area contributed by atoms with Crippen molar-refractivity contribution in [1.82, 2.24) is 15.2 Å². The SMILES string of the molecule is CCCCN1C(=S)N[C@@H](c2ccccn2)[C@H]1c1ccc(C)s1. The van der Waals surface area contributed by atoms with Gasteiger partial charge in [-0.05, 0) is 49.8 Å². The van der Waals surface area contributed by atoms with Crippen LogP contribution in [0, 0.1) is 6.92 Å². The lowest BCUT2D eigenvalue weighted by molar-refractivity contribution is 0.317. The summed E-state index contributed by atoms with van der Waals surface area (Å²) in [6.07, 6.45) is 4.17. The zero-order valence-electron chi connectivity index (χ0n) is 13.0. The van der Waals surface area contributed by atoms with E-state index in [4.69, 9.17) is 12.2 Å². The van der Waals surface area contributed by atoms with E-state index in [-0.39, 0.29) is 12.1 Å². The number of thiophene rings is 1. The highest BCUT2D eigenvalue weighted by atomic mass is 32.1. The van der Waals surface area contributed by atoms with Gasteiger partial charge >= 0.3 is 0 Å². The molecule has 3 rings (SSSR count). The molecular formula is C17H21N3S2. The van der Waals surface area contributed by atoms with Crippen LogP contribution in [0.1, 0.15) is 47.3 Å². The highest BCUT2D eigenvalue weighted by Crippen LogP contribution is 2.41. The fourth-order valence-corrected chi connectivity index (χ4v) is 4.26. The van der Waals surface area contributed by atoms with Gasteiger partial charge in [0.05, 0.1) is 17.8 Å². The summed E-state index contributed by atoms with van der Waals surface area (Å²) in [6.45, 7) is 5.36. The van der Waals surface area contributed by atoms with Crippen molar-refractivity contribution in [3.05, 3.63) is 52.0 Å². The smallest absolute Gasteiger partial charge is 0.170 e. The maximum atomic E-state index is 5.61. The highest BCUT2D eigenvalue weighted by Gasteiger charge is 2.39. The van der Waals surface area contributed by atoms with E-state index >= 15 is 0 Å². The van der Waals surface area contributed by atoms with Crippen molar-refractivity contribution >= 4 is 28.7 Å². The number of aromatic nitrogens is 1. The van der Waals surface area contributed by atoms with Gasteiger partial charge in [0, 0.05) is 22.5 Å². The van der Waals surface area contributed by atoms with Gasteiger partial charge in [-0.15, -0.1) is 11.3 Å². The number of rotatable bonds is 5. The molecule has 3 heterocycles. The van der Waals surface area contributed by atoms with Gasteiger partial charge in [0.25, 0.3) is 0 Å². The minimum Gasteiger partial charge on any atom is -0.352 e. The molecule has 3 nitrogen and oxygen atoms in total. The molecule has 0 aliphatic carbocycles. The molecule has 1 saturated heterocycles. The Morgan fingerprint density at radius 3 is 2.82 bits per heavy atom. The van der Waals surface area contributed by atoms with Crippen LogP contribution in [0.3, 0.4) is 0 Å². The Hall–Kier alpha value is -1.46. The zero-order chi connectivity index (χ0) is 15.5. The number of nitrogens with one attached hydrogen (secondary N) is 1. The van der Waals surface area contributed by atoms with Crippen molar-refractivity contribution < 1.29 is 0 Å². The van der Waals surface area contributed by atoms with Crippen LogP contribution in [-0.2, 0) is 0 Å². The second kappa shape index (κ2) is 6.75. The molecule has 2 atom stereocenters. The molecular weight excluding hydrogens is 310 g/mol. The predicted molar refractivity (Wildman–Crippen MR) is 96.1 cm³/mol. The van der Waals surface area contributed by atoms with Crippen molar-refractivity contribution in [2.45, 2.75) is 38.8 Å². The van der Waals surface area contributed by atoms with Gasteiger partial charge in [-0.3, -0.25) is 4.98 Å². The molecule has 1 aliphatic heterocycles. The van der Waals surface area contributed by atoms with Crippen LogP contribution in [0.4, 0.5) is 0 Å². The number of pyridine rings is 1. The summed E-state index contributed by atoms with van der Waals surface area (Å²) >= 11 is 7.46. The van der Waals surface area contributed by atoms with E-state index in [1.54, 1.807) is 0 Å².